The third kappa shape index (κ3) is 13.8. The van der Waals surface area contributed by atoms with E-state index in [0.29, 0.717) is 49.9 Å². The Morgan fingerprint density at radius 2 is 1.50 bits per heavy atom. The first-order valence-electron chi connectivity index (χ1n) is 18.0. The van der Waals surface area contributed by atoms with E-state index in [1.807, 2.05) is 20.8 Å². The van der Waals surface area contributed by atoms with Crippen molar-refractivity contribution in [2.24, 2.45) is 17.8 Å². The van der Waals surface area contributed by atoms with Crippen LogP contribution < -0.4 is 15.4 Å². The number of carbonyl (C=O) groups is 5. The van der Waals surface area contributed by atoms with Crippen LogP contribution in [0.2, 0.25) is 0 Å². The van der Waals surface area contributed by atoms with Crippen LogP contribution in [0.1, 0.15) is 89.8 Å². The predicted octanol–water partition coefficient (Wildman–Crippen LogP) is 3.42. The number of rotatable bonds is 16. The molecule has 4 amide bonds. The van der Waals surface area contributed by atoms with E-state index in [-0.39, 0.29) is 46.9 Å². The van der Waals surface area contributed by atoms with E-state index < -0.39 is 46.2 Å². The van der Waals surface area contributed by atoms with Gasteiger partial charge in [0.15, 0.2) is 4.21 Å². The van der Waals surface area contributed by atoms with Crippen LogP contribution in [-0.2, 0) is 33.9 Å². The maximum atomic E-state index is 13.5. The van der Waals surface area contributed by atoms with Gasteiger partial charge in [-0.3, -0.25) is 14.4 Å². The van der Waals surface area contributed by atoms with Crippen molar-refractivity contribution in [3.05, 3.63) is 10.7 Å². The maximum Gasteiger partial charge on any atom is 0.410 e. The molecule has 294 valence electrons. The van der Waals surface area contributed by atoms with Crippen molar-refractivity contribution in [3.63, 3.8) is 0 Å². The number of thiazole rings is 1. The number of carbonyl (C=O) groups excluding carboxylic acids is 4. The summed E-state index contributed by atoms with van der Waals surface area (Å²) >= 11 is 0.962. The third-order valence-electron chi connectivity index (χ3n) is 9.27. The summed E-state index contributed by atoms with van der Waals surface area (Å²) in [6.45, 7) is 11.6. The molecule has 0 aliphatic carbocycles. The molecular formula is C34H56N6O10S2. The van der Waals surface area contributed by atoms with E-state index >= 15 is 0 Å². The molecule has 0 bridgehead atoms. The van der Waals surface area contributed by atoms with Gasteiger partial charge in [0.05, 0.1) is 23.9 Å². The van der Waals surface area contributed by atoms with Crippen LogP contribution in [0.4, 0.5) is 9.59 Å². The van der Waals surface area contributed by atoms with Crippen LogP contribution in [0.25, 0.3) is 0 Å². The number of carboxylic acid groups (broad SMARTS) is 1. The first-order chi connectivity index (χ1) is 24.4. The molecule has 16 nitrogen and oxygen atoms in total. The first kappa shape index (κ1) is 42.9. The Morgan fingerprint density at radius 1 is 0.942 bits per heavy atom. The Morgan fingerprint density at radius 3 is 1.98 bits per heavy atom. The minimum absolute atomic E-state index is 0.00265. The van der Waals surface area contributed by atoms with Crippen LogP contribution in [0, 0.1) is 31.6 Å². The van der Waals surface area contributed by atoms with Gasteiger partial charge in [-0.05, 0) is 105 Å². The number of esters is 1. The fraction of sp³-hybridized carbons (Fsp3) is 0.765. The summed E-state index contributed by atoms with van der Waals surface area (Å²) < 4.78 is 38.9. The topological polar surface area (TPSA) is 214 Å². The highest BCUT2D eigenvalue weighted by molar-refractivity contribution is 7.91. The molecule has 3 rings (SSSR count). The molecule has 1 aromatic rings. The zero-order valence-corrected chi connectivity index (χ0v) is 32.8. The van der Waals surface area contributed by atoms with Crippen molar-refractivity contribution in [3.8, 4) is 0 Å². The van der Waals surface area contributed by atoms with Crippen LogP contribution in [0.5, 0.6) is 0 Å². The summed E-state index contributed by atoms with van der Waals surface area (Å²) in [4.78, 5) is 70.1. The monoisotopic (exact) mass is 772 g/mol. The Labute approximate surface area is 310 Å². The molecule has 18 heteroatoms. The van der Waals surface area contributed by atoms with Crippen LogP contribution in [0.15, 0.2) is 4.21 Å². The van der Waals surface area contributed by atoms with Crippen molar-refractivity contribution < 1.29 is 47.0 Å². The zero-order chi connectivity index (χ0) is 38.6. The molecule has 4 N–H and O–H groups in total. The average molecular weight is 773 g/mol. The highest BCUT2D eigenvalue weighted by Crippen LogP contribution is 2.30. The van der Waals surface area contributed by atoms with Gasteiger partial charge in [0.25, 0.3) is 10.0 Å². The second-order valence-electron chi connectivity index (χ2n) is 14.5. The smallest absolute Gasteiger partial charge is 0.410 e. The molecule has 0 spiro atoms. The molecule has 3 heterocycles. The van der Waals surface area contributed by atoms with Crippen LogP contribution >= 0.6 is 11.3 Å². The number of nitrogens with one attached hydrogen (secondary N) is 3. The molecule has 0 radical (unpaired) electrons. The third-order valence-corrected chi connectivity index (χ3v) is 12.4. The largest absolute Gasteiger partial charge is 0.465 e. The van der Waals surface area contributed by atoms with Crippen molar-refractivity contribution in [1.82, 2.24) is 30.1 Å². The molecule has 1 aromatic heterocycles. The van der Waals surface area contributed by atoms with Crippen molar-refractivity contribution in [2.45, 2.75) is 109 Å². The van der Waals surface area contributed by atoms with E-state index in [1.54, 1.807) is 25.7 Å². The maximum absolute atomic E-state index is 13.5. The fourth-order valence-electron chi connectivity index (χ4n) is 6.43. The van der Waals surface area contributed by atoms with E-state index in [2.05, 4.69) is 20.3 Å². The average Bonchev–Trinajstić information content (AvgIpc) is 3.43. The number of hydrogen-bond acceptors (Lipinski definition) is 11. The second kappa shape index (κ2) is 19.5. The number of ether oxygens (including phenoxy) is 2. The summed E-state index contributed by atoms with van der Waals surface area (Å²) in [5.74, 6) is -1.55. The summed E-state index contributed by atoms with van der Waals surface area (Å²) in [5.41, 5.74) is -0.285. The number of aromatic nitrogens is 1. The Kier molecular flexibility index (Phi) is 16.1. The molecule has 1 unspecified atom stereocenters. The molecule has 2 aliphatic rings. The van der Waals surface area contributed by atoms with Gasteiger partial charge in [0.1, 0.15) is 11.6 Å². The summed E-state index contributed by atoms with van der Waals surface area (Å²) in [6.07, 6.45) is 4.44. The predicted molar refractivity (Wildman–Crippen MR) is 193 cm³/mol. The lowest BCUT2D eigenvalue weighted by molar-refractivity contribution is -0.145. The van der Waals surface area contributed by atoms with Gasteiger partial charge in [-0.1, -0.05) is 0 Å². The molecule has 0 saturated carbocycles. The number of aryl methyl sites for hydroxylation is 2. The van der Waals surface area contributed by atoms with Gasteiger partial charge in [-0.15, -0.1) is 11.3 Å². The Bertz CT molecular complexity index is 1500. The highest BCUT2D eigenvalue weighted by atomic mass is 32.2. The van der Waals surface area contributed by atoms with E-state index in [1.165, 1.54) is 4.90 Å². The fourth-order valence-corrected chi connectivity index (χ4v) is 9.12. The molecule has 0 aromatic carbocycles. The molecule has 2 fully saturated rings. The lowest BCUT2D eigenvalue weighted by Gasteiger charge is -2.34. The van der Waals surface area contributed by atoms with Gasteiger partial charge in [0, 0.05) is 38.6 Å². The highest BCUT2D eigenvalue weighted by Gasteiger charge is 2.32. The molecular weight excluding hydrogens is 717 g/mol. The number of amides is 4. The van der Waals surface area contributed by atoms with E-state index in [0.717, 1.165) is 49.9 Å². The number of piperidine rings is 2. The molecule has 2 atom stereocenters. The Balaban J connectivity index is 1.57. The van der Waals surface area contributed by atoms with E-state index in [9.17, 15) is 37.5 Å². The van der Waals surface area contributed by atoms with Crippen molar-refractivity contribution >= 4 is 51.3 Å². The van der Waals surface area contributed by atoms with Crippen LogP contribution in [0.3, 0.4) is 0 Å². The summed E-state index contributed by atoms with van der Waals surface area (Å²) in [6, 6.07) is -1.41. The molecule has 2 saturated heterocycles. The minimum atomic E-state index is -4.14. The lowest BCUT2D eigenvalue weighted by Crippen LogP contribution is -2.50. The van der Waals surface area contributed by atoms with E-state index in [4.69, 9.17) is 9.47 Å². The normalized spacial score (nSPS) is 17.3. The number of likely N-dealkylation sites (tertiary alicyclic amines) is 2. The van der Waals surface area contributed by atoms with Crippen LogP contribution in [-0.4, -0.2) is 116 Å². The SMILES string of the molecule is CCOC(=O)[C@H](CNC(=O)CNC(=O)C(CCC1CCN(C(=O)O)CC1)CCC1CCN(C(=O)OC(C)(C)C)CC1)NS(=O)(=O)c1sc(C)nc1C. The second-order valence-corrected chi connectivity index (χ2v) is 17.6. The van der Waals surface area contributed by atoms with Gasteiger partial charge < -0.3 is 35.0 Å². The number of hydrogen-bond donors (Lipinski definition) is 4. The number of sulfonamides is 1. The van der Waals surface area contributed by atoms with Gasteiger partial charge in [-0.2, -0.15) is 4.72 Å². The van der Waals surface area contributed by atoms with Crippen molar-refractivity contribution in [1.29, 1.82) is 0 Å². The van der Waals surface area contributed by atoms with Gasteiger partial charge in [0.2, 0.25) is 11.8 Å². The number of nitrogens with zero attached hydrogens (tertiary/aromatic N) is 3. The first-order valence-corrected chi connectivity index (χ1v) is 20.3. The van der Waals surface area contributed by atoms with Gasteiger partial charge >= 0.3 is 18.2 Å². The van der Waals surface area contributed by atoms with Crippen molar-refractivity contribution in [2.75, 3.05) is 45.9 Å². The Hall–Kier alpha value is -3.51. The molecule has 52 heavy (non-hydrogen) atoms. The summed E-state index contributed by atoms with van der Waals surface area (Å²) in [7, 11) is -4.14. The molecule has 2 aliphatic heterocycles. The minimum Gasteiger partial charge on any atom is -0.465 e. The van der Waals surface area contributed by atoms with Gasteiger partial charge in [-0.25, -0.2) is 23.0 Å². The summed E-state index contributed by atoms with van der Waals surface area (Å²) in [5, 5.41) is 15.1. The quantitative estimate of drug-likeness (QED) is 0.179. The lowest BCUT2D eigenvalue weighted by atomic mass is 9.84. The zero-order valence-electron chi connectivity index (χ0n) is 31.2. The standard InChI is InChI=1S/C34H56N6O10S2/c1-7-49-30(43)27(38-52(47,48)31-22(2)37-23(3)51-31)20-35-28(41)21-36-29(42)26(10-8-24-12-16-39(17-13-24)32(44)45)11-9-25-14-18-40(19-15-25)33(46)50-34(4,5)6/h24-27,38H,7-21H2,1-6H3,(H,35,41)(H,36,42)(H,44,45)/t26?,27-/m0/s1.